The van der Waals surface area contributed by atoms with Gasteiger partial charge in [0.2, 0.25) is 0 Å². The Morgan fingerprint density at radius 1 is 1.22 bits per heavy atom. The molecule has 2 rings (SSSR count). The van der Waals surface area contributed by atoms with Crippen molar-refractivity contribution in [3.05, 3.63) is 40.9 Å². The molecule has 0 aliphatic heterocycles. The van der Waals surface area contributed by atoms with Crippen molar-refractivity contribution >= 4 is 32.7 Å². The van der Waals surface area contributed by atoms with Gasteiger partial charge in [0.05, 0.1) is 11.6 Å². The molecule has 94 valence electrons. The van der Waals surface area contributed by atoms with E-state index in [0.717, 1.165) is 15.2 Å². The van der Waals surface area contributed by atoms with Crippen molar-refractivity contribution in [1.82, 2.24) is 0 Å². The van der Waals surface area contributed by atoms with Crippen molar-refractivity contribution in [3.63, 3.8) is 0 Å². The van der Waals surface area contributed by atoms with Crippen molar-refractivity contribution in [3.8, 4) is 5.75 Å². The minimum Gasteiger partial charge on any atom is -0.478 e. The van der Waals surface area contributed by atoms with Gasteiger partial charge in [0.1, 0.15) is 5.75 Å². The van der Waals surface area contributed by atoms with E-state index in [-0.39, 0.29) is 0 Å². The Bertz CT molecular complexity index is 580. The number of benzene rings is 2. The number of carbonyl (C=O) groups is 1. The highest BCUT2D eigenvalue weighted by atomic mass is 79.9. The van der Waals surface area contributed by atoms with Crippen LogP contribution in [0.5, 0.6) is 5.75 Å². The molecule has 0 unspecified atom stereocenters. The number of hydrogen-bond donors (Lipinski definition) is 0. The van der Waals surface area contributed by atoms with Crippen LogP contribution in [0.15, 0.2) is 40.9 Å². The second-order valence-corrected chi connectivity index (χ2v) is 4.68. The second kappa shape index (κ2) is 5.40. The normalized spacial score (nSPS) is 12.2. The molecule has 0 saturated carbocycles. The fourth-order valence-corrected chi connectivity index (χ4v) is 2.30. The van der Waals surface area contributed by atoms with Crippen LogP contribution >= 0.6 is 15.9 Å². The van der Waals surface area contributed by atoms with Crippen LogP contribution in [-0.4, -0.2) is 19.2 Å². The first-order valence-corrected chi connectivity index (χ1v) is 6.34. The van der Waals surface area contributed by atoms with Crippen LogP contribution < -0.4 is 4.74 Å². The monoisotopic (exact) mass is 308 g/mol. The van der Waals surface area contributed by atoms with Gasteiger partial charge < -0.3 is 9.47 Å². The van der Waals surface area contributed by atoms with Gasteiger partial charge in [-0.25, -0.2) is 4.79 Å². The van der Waals surface area contributed by atoms with Crippen molar-refractivity contribution in [2.24, 2.45) is 0 Å². The van der Waals surface area contributed by atoms with Crippen molar-refractivity contribution in [1.29, 1.82) is 0 Å². The third-order valence-electron chi connectivity index (χ3n) is 2.66. The van der Waals surface area contributed by atoms with Crippen molar-refractivity contribution in [2.75, 3.05) is 7.11 Å². The SMILES string of the molecule is COC(=O)[C@@H](C)Oc1ccc2ccccc2c1Br. The molecule has 0 spiro atoms. The van der Waals surface area contributed by atoms with Gasteiger partial charge in [-0.1, -0.05) is 30.3 Å². The van der Waals surface area contributed by atoms with Crippen LogP contribution in [0.1, 0.15) is 6.92 Å². The van der Waals surface area contributed by atoms with E-state index in [0.29, 0.717) is 5.75 Å². The molecule has 1 atom stereocenters. The molecule has 0 bridgehead atoms. The summed E-state index contributed by atoms with van der Waals surface area (Å²) in [7, 11) is 1.34. The Labute approximate surface area is 114 Å². The average Bonchev–Trinajstić information content (AvgIpc) is 2.41. The van der Waals surface area contributed by atoms with Gasteiger partial charge in [0, 0.05) is 0 Å². The van der Waals surface area contributed by atoms with Gasteiger partial charge >= 0.3 is 5.97 Å². The van der Waals surface area contributed by atoms with Crippen molar-refractivity contribution in [2.45, 2.75) is 13.0 Å². The molecule has 0 amide bonds. The molecule has 0 aliphatic carbocycles. The number of methoxy groups -OCH3 is 1. The van der Waals surface area contributed by atoms with E-state index in [1.807, 2.05) is 36.4 Å². The van der Waals surface area contributed by atoms with Crippen LogP contribution in [0.4, 0.5) is 0 Å². The highest BCUT2D eigenvalue weighted by Crippen LogP contribution is 2.33. The topological polar surface area (TPSA) is 35.5 Å². The Morgan fingerprint density at radius 3 is 2.67 bits per heavy atom. The largest absolute Gasteiger partial charge is 0.478 e. The third kappa shape index (κ3) is 2.48. The van der Waals surface area contributed by atoms with E-state index < -0.39 is 12.1 Å². The first kappa shape index (κ1) is 12.9. The van der Waals surface area contributed by atoms with E-state index in [1.165, 1.54) is 7.11 Å². The summed E-state index contributed by atoms with van der Waals surface area (Å²) in [6, 6.07) is 11.8. The lowest BCUT2D eigenvalue weighted by Crippen LogP contribution is -2.25. The molecule has 0 fully saturated rings. The number of esters is 1. The number of ether oxygens (including phenoxy) is 2. The zero-order chi connectivity index (χ0) is 13.1. The lowest BCUT2D eigenvalue weighted by atomic mass is 10.1. The number of fused-ring (bicyclic) bond motifs is 1. The zero-order valence-electron chi connectivity index (χ0n) is 10.1. The van der Waals surface area contributed by atoms with Crippen LogP contribution in [0.2, 0.25) is 0 Å². The number of halogens is 1. The van der Waals surface area contributed by atoms with E-state index in [9.17, 15) is 4.79 Å². The lowest BCUT2D eigenvalue weighted by Gasteiger charge is -2.14. The predicted octanol–water partition coefficient (Wildman–Crippen LogP) is 3.54. The van der Waals surface area contributed by atoms with Gasteiger partial charge in [-0.15, -0.1) is 0 Å². The van der Waals surface area contributed by atoms with Crippen LogP contribution in [-0.2, 0) is 9.53 Å². The molecule has 2 aromatic rings. The van der Waals surface area contributed by atoms with Gasteiger partial charge in [-0.2, -0.15) is 0 Å². The Hall–Kier alpha value is -1.55. The summed E-state index contributed by atoms with van der Waals surface area (Å²) in [5, 5.41) is 2.16. The molecule has 18 heavy (non-hydrogen) atoms. The van der Waals surface area contributed by atoms with Crippen molar-refractivity contribution < 1.29 is 14.3 Å². The van der Waals surface area contributed by atoms with Crippen LogP contribution in [0, 0.1) is 0 Å². The molecule has 0 radical (unpaired) electrons. The van der Waals surface area contributed by atoms with Crippen LogP contribution in [0.3, 0.4) is 0 Å². The molecule has 0 N–H and O–H groups in total. The first-order chi connectivity index (χ1) is 8.63. The Kier molecular flexibility index (Phi) is 3.87. The molecule has 3 nitrogen and oxygen atoms in total. The quantitative estimate of drug-likeness (QED) is 0.814. The Morgan fingerprint density at radius 2 is 1.94 bits per heavy atom. The van der Waals surface area contributed by atoms with E-state index in [2.05, 4.69) is 20.7 Å². The van der Waals surface area contributed by atoms with E-state index >= 15 is 0 Å². The van der Waals surface area contributed by atoms with Gasteiger partial charge in [0.25, 0.3) is 0 Å². The summed E-state index contributed by atoms with van der Waals surface area (Å²) in [6.45, 7) is 1.66. The van der Waals surface area contributed by atoms with Crippen LogP contribution in [0.25, 0.3) is 10.8 Å². The maximum atomic E-state index is 11.3. The van der Waals surface area contributed by atoms with Gasteiger partial charge in [-0.3, -0.25) is 0 Å². The standard InChI is InChI=1S/C14H13BrO3/c1-9(14(16)17-2)18-12-8-7-10-5-3-4-6-11(10)13(12)15/h3-9H,1-2H3/t9-/m1/s1. The molecule has 4 heteroatoms. The summed E-state index contributed by atoms with van der Waals surface area (Å²) in [5.41, 5.74) is 0. The maximum Gasteiger partial charge on any atom is 0.346 e. The molecule has 0 aromatic heterocycles. The summed E-state index contributed by atoms with van der Waals surface area (Å²) in [4.78, 5) is 11.3. The molecule has 2 aromatic carbocycles. The minimum absolute atomic E-state index is 0.393. The zero-order valence-corrected chi connectivity index (χ0v) is 11.7. The first-order valence-electron chi connectivity index (χ1n) is 5.55. The number of hydrogen-bond acceptors (Lipinski definition) is 3. The predicted molar refractivity (Wildman–Crippen MR) is 73.8 cm³/mol. The summed E-state index contributed by atoms with van der Waals surface area (Å²) < 4.78 is 11.1. The maximum absolute atomic E-state index is 11.3. The average molecular weight is 309 g/mol. The smallest absolute Gasteiger partial charge is 0.346 e. The lowest BCUT2D eigenvalue weighted by molar-refractivity contribution is -0.147. The minimum atomic E-state index is -0.632. The fourth-order valence-electron chi connectivity index (χ4n) is 1.71. The third-order valence-corrected chi connectivity index (χ3v) is 3.48. The van der Waals surface area contributed by atoms with Gasteiger partial charge in [0.15, 0.2) is 6.10 Å². The molecule has 0 heterocycles. The molecular formula is C14H13BrO3. The summed E-state index contributed by atoms with van der Waals surface area (Å²) in [5.74, 6) is 0.238. The molecular weight excluding hydrogens is 296 g/mol. The highest BCUT2D eigenvalue weighted by molar-refractivity contribution is 9.10. The summed E-state index contributed by atoms with van der Waals surface area (Å²) >= 11 is 3.50. The van der Waals surface area contributed by atoms with Gasteiger partial charge in [-0.05, 0) is 39.7 Å². The summed E-state index contributed by atoms with van der Waals surface area (Å²) in [6.07, 6.45) is -0.632. The number of rotatable bonds is 3. The second-order valence-electron chi connectivity index (χ2n) is 3.88. The number of carbonyl (C=O) groups excluding carboxylic acids is 1. The van der Waals surface area contributed by atoms with E-state index in [4.69, 9.17) is 4.74 Å². The molecule has 0 saturated heterocycles. The Balaban J connectivity index is 2.35. The highest BCUT2D eigenvalue weighted by Gasteiger charge is 2.16. The molecule has 0 aliphatic rings. The fraction of sp³-hybridized carbons (Fsp3) is 0.214. The van der Waals surface area contributed by atoms with E-state index in [1.54, 1.807) is 6.92 Å².